The number of hydrogen-bond donors (Lipinski definition) is 2. The molecule has 2 N–H and O–H groups in total. The molecule has 0 saturated heterocycles. The van der Waals surface area contributed by atoms with Crippen LogP contribution in [0, 0.1) is 0 Å². The standard InChI is InChI=1S/C12H21ClN4O/c1-5-6-14-11-15-7-9(13)10(16-11)17(4)12(2,3)8-18/h7,18H,5-6,8H2,1-4H3,(H,14,15,16). The van der Waals surface area contributed by atoms with Crippen molar-refractivity contribution in [2.75, 3.05) is 30.4 Å². The molecule has 0 unspecified atom stereocenters. The summed E-state index contributed by atoms with van der Waals surface area (Å²) in [6, 6.07) is 0. The lowest BCUT2D eigenvalue weighted by molar-refractivity contribution is 0.215. The van der Waals surface area contributed by atoms with Gasteiger partial charge in [-0.05, 0) is 20.3 Å². The van der Waals surface area contributed by atoms with Gasteiger partial charge in [0.1, 0.15) is 5.02 Å². The van der Waals surface area contributed by atoms with Gasteiger partial charge in [0.05, 0.1) is 18.3 Å². The third-order valence-electron chi connectivity index (χ3n) is 2.87. The molecule has 0 aliphatic carbocycles. The summed E-state index contributed by atoms with van der Waals surface area (Å²) in [4.78, 5) is 10.4. The number of halogens is 1. The summed E-state index contributed by atoms with van der Waals surface area (Å²) in [5.41, 5.74) is -0.431. The zero-order valence-corrected chi connectivity index (χ0v) is 12.1. The number of likely N-dealkylation sites (N-methyl/N-ethyl adjacent to an activating group) is 1. The molecule has 0 bridgehead atoms. The molecule has 5 nitrogen and oxygen atoms in total. The molecule has 0 atom stereocenters. The van der Waals surface area contributed by atoms with Crippen molar-refractivity contribution in [3.63, 3.8) is 0 Å². The molecule has 0 aliphatic rings. The Labute approximate surface area is 113 Å². The van der Waals surface area contributed by atoms with E-state index in [1.54, 1.807) is 6.20 Å². The molecule has 6 heteroatoms. The van der Waals surface area contributed by atoms with Gasteiger partial charge >= 0.3 is 0 Å². The van der Waals surface area contributed by atoms with Crippen LogP contribution < -0.4 is 10.2 Å². The third-order valence-corrected chi connectivity index (χ3v) is 3.14. The average molecular weight is 273 g/mol. The first-order valence-electron chi connectivity index (χ1n) is 6.03. The minimum absolute atomic E-state index is 0.0154. The van der Waals surface area contributed by atoms with Crippen molar-refractivity contribution in [1.82, 2.24) is 9.97 Å². The Balaban J connectivity index is 3.00. The van der Waals surface area contributed by atoms with E-state index < -0.39 is 5.54 Å². The van der Waals surface area contributed by atoms with Crippen molar-refractivity contribution in [2.24, 2.45) is 0 Å². The summed E-state index contributed by atoms with van der Waals surface area (Å²) in [6.45, 7) is 6.75. The van der Waals surface area contributed by atoms with E-state index in [1.165, 1.54) is 0 Å². The lowest BCUT2D eigenvalue weighted by Gasteiger charge is -2.35. The van der Waals surface area contributed by atoms with Gasteiger partial charge in [-0.25, -0.2) is 4.98 Å². The summed E-state index contributed by atoms with van der Waals surface area (Å²) in [5.74, 6) is 1.17. The number of aliphatic hydroxyl groups is 1. The maximum atomic E-state index is 9.38. The van der Waals surface area contributed by atoms with E-state index in [2.05, 4.69) is 22.2 Å². The fourth-order valence-corrected chi connectivity index (χ4v) is 1.53. The van der Waals surface area contributed by atoms with Crippen molar-refractivity contribution in [3.8, 4) is 0 Å². The number of aliphatic hydroxyl groups excluding tert-OH is 1. The van der Waals surface area contributed by atoms with Crippen molar-refractivity contribution < 1.29 is 5.11 Å². The van der Waals surface area contributed by atoms with E-state index in [9.17, 15) is 5.11 Å². The molecular formula is C12H21ClN4O. The highest BCUT2D eigenvalue weighted by molar-refractivity contribution is 6.32. The highest BCUT2D eigenvalue weighted by Crippen LogP contribution is 2.27. The van der Waals surface area contributed by atoms with E-state index >= 15 is 0 Å². The highest BCUT2D eigenvalue weighted by atomic mass is 35.5. The van der Waals surface area contributed by atoms with Gasteiger partial charge in [0.15, 0.2) is 5.82 Å². The van der Waals surface area contributed by atoms with Crippen LogP contribution in [0.25, 0.3) is 0 Å². The topological polar surface area (TPSA) is 61.3 Å². The van der Waals surface area contributed by atoms with Crippen LogP contribution in [-0.4, -0.2) is 40.8 Å². The van der Waals surface area contributed by atoms with Crippen molar-refractivity contribution in [1.29, 1.82) is 0 Å². The Hall–Kier alpha value is -1.07. The average Bonchev–Trinajstić information content (AvgIpc) is 2.37. The van der Waals surface area contributed by atoms with Crippen LogP contribution in [0.4, 0.5) is 11.8 Å². The fourth-order valence-electron chi connectivity index (χ4n) is 1.31. The number of nitrogens with zero attached hydrogens (tertiary/aromatic N) is 3. The number of hydrogen-bond acceptors (Lipinski definition) is 5. The molecule has 1 heterocycles. The summed E-state index contributed by atoms with van der Waals surface area (Å²) in [5, 5.41) is 13.0. The summed E-state index contributed by atoms with van der Waals surface area (Å²) in [6.07, 6.45) is 2.57. The van der Waals surface area contributed by atoms with Gasteiger partial charge in [0, 0.05) is 13.6 Å². The maximum Gasteiger partial charge on any atom is 0.224 e. The molecule has 1 rings (SSSR count). The largest absolute Gasteiger partial charge is 0.394 e. The van der Waals surface area contributed by atoms with Crippen LogP contribution in [0.5, 0.6) is 0 Å². The van der Waals surface area contributed by atoms with Gasteiger partial charge in [-0.2, -0.15) is 4.98 Å². The van der Waals surface area contributed by atoms with Gasteiger partial charge in [0.2, 0.25) is 5.95 Å². The van der Waals surface area contributed by atoms with Gasteiger partial charge < -0.3 is 15.3 Å². The maximum absolute atomic E-state index is 9.38. The molecule has 102 valence electrons. The Morgan fingerprint density at radius 3 is 2.72 bits per heavy atom. The van der Waals surface area contributed by atoms with E-state index in [-0.39, 0.29) is 6.61 Å². The molecular weight excluding hydrogens is 252 g/mol. The lowest BCUT2D eigenvalue weighted by Crippen LogP contribution is -2.45. The minimum Gasteiger partial charge on any atom is -0.394 e. The molecule has 0 radical (unpaired) electrons. The zero-order chi connectivity index (χ0) is 13.8. The van der Waals surface area contributed by atoms with Crippen molar-refractivity contribution in [3.05, 3.63) is 11.2 Å². The summed E-state index contributed by atoms with van der Waals surface area (Å²) in [7, 11) is 1.86. The van der Waals surface area contributed by atoms with Gasteiger partial charge in [0.25, 0.3) is 0 Å². The quantitative estimate of drug-likeness (QED) is 0.831. The third kappa shape index (κ3) is 3.46. The fraction of sp³-hybridized carbons (Fsp3) is 0.667. The molecule has 0 saturated carbocycles. The Kier molecular flexibility index (Phi) is 5.16. The first-order valence-corrected chi connectivity index (χ1v) is 6.41. The number of nitrogens with one attached hydrogen (secondary N) is 1. The van der Waals surface area contributed by atoms with Crippen molar-refractivity contribution >= 4 is 23.4 Å². The highest BCUT2D eigenvalue weighted by Gasteiger charge is 2.25. The van der Waals surface area contributed by atoms with Gasteiger partial charge in [-0.1, -0.05) is 18.5 Å². The predicted octanol–water partition coefficient (Wildman–Crippen LogP) is 2.16. The van der Waals surface area contributed by atoms with Crippen LogP contribution in [0.3, 0.4) is 0 Å². The van der Waals surface area contributed by atoms with Crippen molar-refractivity contribution in [2.45, 2.75) is 32.7 Å². The predicted molar refractivity (Wildman–Crippen MR) is 75.4 cm³/mol. The number of aromatic nitrogens is 2. The van der Waals surface area contributed by atoms with E-state index in [4.69, 9.17) is 11.6 Å². The first-order chi connectivity index (χ1) is 8.42. The Bertz CT molecular complexity index is 398. The van der Waals surface area contributed by atoms with E-state index in [1.807, 2.05) is 25.8 Å². The lowest BCUT2D eigenvalue weighted by atomic mass is 10.1. The summed E-state index contributed by atoms with van der Waals surface area (Å²) >= 11 is 6.11. The minimum atomic E-state index is -0.431. The molecule has 0 aromatic carbocycles. The Morgan fingerprint density at radius 1 is 1.50 bits per heavy atom. The van der Waals surface area contributed by atoms with Crippen LogP contribution in [0.15, 0.2) is 6.20 Å². The SMILES string of the molecule is CCCNc1ncc(Cl)c(N(C)C(C)(C)CO)n1. The molecule has 0 amide bonds. The van der Waals surface area contributed by atoms with Crippen LogP contribution in [0.2, 0.25) is 5.02 Å². The molecule has 1 aromatic heterocycles. The Morgan fingerprint density at radius 2 is 2.17 bits per heavy atom. The normalized spacial score (nSPS) is 11.4. The summed E-state index contributed by atoms with van der Waals surface area (Å²) < 4.78 is 0. The molecule has 0 spiro atoms. The van der Waals surface area contributed by atoms with Gasteiger partial charge in [-0.15, -0.1) is 0 Å². The van der Waals surface area contributed by atoms with Gasteiger partial charge in [-0.3, -0.25) is 0 Å². The molecule has 0 fully saturated rings. The first kappa shape index (κ1) is 15.0. The van der Waals surface area contributed by atoms with E-state index in [0.29, 0.717) is 16.8 Å². The molecule has 1 aromatic rings. The second-order valence-corrected chi connectivity index (χ2v) is 5.23. The molecule has 0 aliphatic heterocycles. The number of rotatable bonds is 6. The zero-order valence-electron chi connectivity index (χ0n) is 11.4. The smallest absolute Gasteiger partial charge is 0.224 e. The number of anilines is 2. The van der Waals surface area contributed by atoms with E-state index in [0.717, 1.165) is 13.0 Å². The monoisotopic (exact) mass is 272 g/mol. The van der Waals surface area contributed by atoms with Crippen LogP contribution in [0.1, 0.15) is 27.2 Å². The van der Waals surface area contributed by atoms with Crippen LogP contribution >= 0.6 is 11.6 Å². The second kappa shape index (κ2) is 6.20. The second-order valence-electron chi connectivity index (χ2n) is 4.82. The van der Waals surface area contributed by atoms with Crippen LogP contribution in [-0.2, 0) is 0 Å². The molecule has 18 heavy (non-hydrogen) atoms.